The van der Waals surface area contributed by atoms with Gasteiger partial charge in [0.1, 0.15) is 0 Å². The van der Waals surface area contributed by atoms with Crippen LogP contribution in [0, 0.1) is 0 Å². The average molecular weight is 256 g/mol. The van der Waals surface area contributed by atoms with Crippen molar-refractivity contribution in [3.8, 4) is 0 Å². The second-order valence-corrected chi connectivity index (χ2v) is 6.01. The topological polar surface area (TPSA) is 15.3 Å². The third-order valence-electron chi connectivity index (χ3n) is 3.45. The molecule has 0 atom stereocenters. The van der Waals surface area contributed by atoms with Gasteiger partial charge in [-0.15, -0.1) is 0 Å². The Bertz CT molecular complexity index is 166. The molecule has 0 aliphatic rings. The molecule has 0 saturated carbocycles. The summed E-state index contributed by atoms with van der Waals surface area (Å²) in [7, 11) is 0. The maximum absolute atomic E-state index is 3.48. The van der Waals surface area contributed by atoms with Crippen molar-refractivity contribution in [2.45, 2.75) is 85.2 Å². The van der Waals surface area contributed by atoms with Crippen molar-refractivity contribution < 1.29 is 0 Å². The van der Waals surface area contributed by atoms with E-state index in [-0.39, 0.29) is 0 Å². The lowest BCUT2D eigenvalue weighted by atomic mass is 10.1. The van der Waals surface area contributed by atoms with Gasteiger partial charge in [0.15, 0.2) is 0 Å². The molecule has 0 heterocycles. The lowest BCUT2D eigenvalue weighted by Crippen LogP contribution is -2.33. The molecular weight excluding hydrogens is 220 g/mol. The van der Waals surface area contributed by atoms with E-state index >= 15 is 0 Å². The molecule has 0 amide bonds. The third-order valence-corrected chi connectivity index (χ3v) is 3.45. The van der Waals surface area contributed by atoms with E-state index < -0.39 is 0 Å². The Morgan fingerprint density at radius 3 is 1.94 bits per heavy atom. The monoisotopic (exact) mass is 256 g/mol. The van der Waals surface area contributed by atoms with Gasteiger partial charge in [0, 0.05) is 12.1 Å². The van der Waals surface area contributed by atoms with E-state index in [1.165, 1.54) is 58.2 Å². The summed E-state index contributed by atoms with van der Waals surface area (Å²) in [6.45, 7) is 15.1. The van der Waals surface area contributed by atoms with E-state index in [9.17, 15) is 0 Å². The van der Waals surface area contributed by atoms with Crippen LogP contribution < -0.4 is 5.32 Å². The SMILES string of the molecule is CCCCCN(CCCCCNC(C)C)C(C)C. The molecule has 0 unspecified atom stereocenters. The highest BCUT2D eigenvalue weighted by Crippen LogP contribution is 2.06. The van der Waals surface area contributed by atoms with E-state index in [1.807, 2.05) is 0 Å². The van der Waals surface area contributed by atoms with E-state index in [0.29, 0.717) is 12.1 Å². The lowest BCUT2D eigenvalue weighted by Gasteiger charge is -2.26. The maximum Gasteiger partial charge on any atom is 0.00385 e. The minimum Gasteiger partial charge on any atom is -0.315 e. The molecule has 0 aliphatic heterocycles. The van der Waals surface area contributed by atoms with Crippen molar-refractivity contribution in [1.29, 1.82) is 0 Å². The molecule has 1 N–H and O–H groups in total. The van der Waals surface area contributed by atoms with E-state index in [0.717, 1.165) is 0 Å². The quantitative estimate of drug-likeness (QED) is 0.530. The highest BCUT2D eigenvalue weighted by Gasteiger charge is 2.07. The first-order valence-corrected chi connectivity index (χ1v) is 8.05. The van der Waals surface area contributed by atoms with Gasteiger partial charge >= 0.3 is 0 Å². The molecular formula is C16H36N2. The fourth-order valence-electron chi connectivity index (χ4n) is 2.20. The number of rotatable bonds is 12. The fraction of sp³-hybridized carbons (Fsp3) is 1.00. The molecule has 0 bridgehead atoms. The second kappa shape index (κ2) is 12.0. The lowest BCUT2D eigenvalue weighted by molar-refractivity contribution is 0.212. The number of nitrogens with zero attached hydrogens (tertiary/aromatic N) is 1. The number of nitrogens with one attached hydrogen (secondary N) is 1. The molecule has 110 valence electrons. The Labute approximate surface area is 116 Å². The molecule has 2 heteroatoms. The largest absolute Gasteiger partial charge is 0.315 e. The van der Waals surface area contributed by atoms with Crippen molar-refractivity contribution in [3.63, 3.8) is 0 Å². The van der Waals surface area contributed by atoms with Gasteiger partial charge < -0.3 is 10.2 Å². The van der Waals surface area contributed by atoms with Gasteiger partial charge in [-0.25, -0.2) is 0 Å². The summed E-state index contributed by atoms with van der Waals surface area (Å²) in [5.74, 6) is 0. The summed E-state index contributed by atoms with van der Waals surface area (Å²) >= 11 is 0. The standard InChI is InChI=1S/C16H36N2/c1-6-7-10-13-18(16(4)5)14-11-8-9-12-17-15(2)3/h15-17H,6-14H2,1-5H3. The van der Waals surface area contributed by atoms with Crippen LogP contribution in [0.15, 0.2) is 0 Å². The first-order chi connectivity index (χ1) is 8.57. The fourth-order valence-corrected chi connectivity index (χ4v) is 2.20. The average Bonchev–Trinajstić information content (AvgIpc) is 2.30. The van der Waals surface area contributed by atoms with Crippen molar-refractivity contribution >= 4 is 0 Å². The molecule has 0 aliphatic carbocycles. The molecule has 0 spiro atoms. The second-order valence-electron chi connectivity index (χ2n) is 6.01. The molecule has 18 heavy (non-hydrogen) atoms. The molecule has 0 radical (unpaired) electrons. The maximum atomic E-state index is 3.48. The summed E-state index contributed by atoms with van der Waals surface area (Å²) in [6, 6.07) is 1.34. The molecule has 0 aromatic heterocycles. The minimum absolute atomic E-state index is 0.631. The summed E-state index contributed by atoms with van der Waals surface area (Å²) in [5, 5.41) is 3.48. The van der Waals surface area contributed by atoms with Crippen LogP contribution in [0.4, 0.5) is 0 Å². The molecule has 0 aromatic rings. The van der Waals surface area contributed by atoms with Crippen molar-refractivity contribution in [1.82, 2.24) is 10.2 Å². The van der Waals surface area contributed by atoms with Crippen LogP contribution in [0.2, 0.25) is 0 Å². The molecule has 0 aromatic carbocycles. The van der Waals surface area contributed by atoms with Crippen molar-refractivity contribution in [3.05, 3.63) is 0 Å². The van der Waals surface area contributed by atoms with E-state index in [4.69, 9.17) is 0 Å². The van der Waals surface area contributed by atoms with Gasteiger partial charge in [-0.1, -0.05) is 40.0 Å². The number of hydrogen-bond acceptors (Lipinski definition) is 2. The summed E-state index contributed by atoms with van der Waals surface area (Å²) in [6.07, 6.45) is 8.10. The van der Waals surface area contributed by atoms with E-state index in [1.54, 1.807) is 0 Å². The van der Waals surface area contributed by atoms with Gasteiger partial charge in [0.2, 0.25) is 0 Å². The highest BCUT2D eigenvalue weighted by molar-refractivity contribution is 4.63. The Hall–Kier alpha value is -0.0800. The molecule has 0 fully saturated rings. The molecule has 0 saturated heterocycles. The zero-order valence-electron chi connectivity index (χ0n) is 13.5. The summed E-state index contributed by atoms with van der Waals surface area (Å²) < 4.78 is 0. The zero-order chi connectivity index (χ0) is 13.8. The first kappa shape index (κ1) is 17.9. The predicted molar refractivity (Wildman–Crippen MR) is 83.2 cm³/mol. The van der Waals surface area contributed by atoms with Crippen LogP contribution in [0.3, 0.4) is 0 Å². The normalized spacial score (nSPS) is 12.0. The van der Waals surface area contributed by atoms with Crippen molar-refractivity contribution in [2.75, 3.05) is 19.6 Å². The van der Waals surface area contributed by atoms with Crippen molar-refractivity contribution in [2.24, 2.45) is 0 Å². The van der Waals surface area contributed by atoms with Gasteiger partial charge in [0.05, 0.1) is 0 Å². The molecule has 2 nitrogen and oxygen atoms in total. The van der Waals surface area contributed by atoms with Crippen LogP contribution in [0.5, 0.6) is 0 Å². The minimum atomic E-state index is 0.631. The van der Waals surface area contributed by atoms with E-state index in [2.05, 4.69) is 44.8 Å². The third kappa shape index (κ3) is 11.0. The van der Waals surface area contributed by atoms with Gasteiger partial charge in [0.25, 0.3) is 0 Å². The molecule has 0 rings (SSSR count). The Morgan fingerprint density at radius 1 is 0.833 bits per heavy atom. The van der Waals surface area contributed by atoms with Crippen LogP contribution in [0.25, 0.3) is 0 Å². The van der Waals surface area contributed by atoms with Crippen LogP contribution >= 0.6 is 0 Å². The summed E-state index contributed by atoms with van der Waals surface area (Å²) in [5.41, 5.74) is 0. The first-order valence-electron chi connectivity index (χ1n) is 8.05. The zero-order valence-corrected chi connectivity index (χ0v) is 13.5. The number of unbranched alkanes of at least 4 members (excludes halogenated alkanes) is 4. The van der Waals surface area contributed by atoms with Crippen LogP contribution in [-0.2, 0) is 0 Å². The Morgan fingerprint density at radius 2 is 1.44 bits per heavy atom. The van der Waals surface area contributed by atoms with Crippen LogP contribution in [-0.4, -0.2) is 36.6 Å². The Kier molecular flexibility index (Phi) is 11.9. The van der Waals surface area contributed by atoms with Gasteiger partial charge in [-0.05, 0) is 52.7 Å². The number of hydrogen-bond donors (Lipinski definition) is 1. The van der Waals surface area contributed by atoms with Crippen LogP contribution in [0.1, 0.15) is 73.1 Å². The highest BCUT2D eigenvalue weighted by atomic mass is 15.1. The van der Waals surface area contributed by atoms with Gasteiger partial charge in [-0.3, -0.25) is 0 Å². The predicted octanol–water partition coefficient (Wildman–Crippen LogP) is 4.06. The summed E-state index contributed by atoms with van der Waals surface area (Å²) in [4.78, 5) is 2.64. The Balaban J connectivity index is 3.52. The van der Waals surface area contributed by atoms with Gasteiger partial charge in [-0.2, -0.15) is 0 Å². The smallest absolute Gasteiger partial charge is 0.00385 e.